The summed E-state index contributed by atoms with van der Waals surface area (Å²) in [4.78, 5) is 34.9. The molecule has 0 spiro atoms. The molecule has 3 aromatic rings. The number of alkyl halides is 3. The number of benzene rings is 2. The van der Waals surface area contributed by atoms with Crippen LogP contribution < -0.4 is 15.0 Å². The summed E-state index contributed by atoms with van der Waals surface area (Å²) in [5, 5.41) is 11.9. The van der Waals surface area contributed by atoms with Gasteiger partial charge in [0.25, 0.3) is 5.91 Å². The van der Waals surface area contributed by atoms with Crippen molar-refractivity contribution in [2.45, 2.75) is 38.7 Å². The summed E-state index contributed by atoms with van der Waals surface area (Å²) in [7, 11) is 0. The van der Waals surface area contributed by atoms with Crippen LogP contribution in [-0.4, -0.2) is 83.4 Å². The molecule has 2 N–H and O–H groups in total. The van der Waals surface area contributed by atoms with E-state index in [1.54, 1.807) is 30.5 Å². The van der Waals surface area contributed by atoms with Gasteiger partial charge < -0.3 is 20.1 Å². The van der Waals surface area contributed by atoms with E-state index in [9.17, 15) is 22.8 Å². The predicted molar refractivity (Wildman–Crippen MR) is 156 cm³/mol. The van der Waals surface area contributed by atoms with Crippen molar-refractivity contribution in [2.75, 3.05) is 49.5 Å². The maximum Gasteiger partial charge on any atom is 0.573 e. The number of carboxylic acids is 1. The van der Waals surface area contributed by atoms with Gasteiger partial charge in [-0.1, -0.05) is 12.1 Å². The van der Waals surface area contributed by atoms with Crippen LogP contribution in [0.3, 0.4) is 0 Å². The Morgan fingerprint density at radius 1 is 1.02 bits per heavy atom. The van der Waals surface area contributed by atoms with Crippen LogP contribution >= 0.6 is 0 Å². The third-order valence-corrected chi connectivity index (χ3v) is 7.92. The summed E-state index contributed by atoms with van der Waals surface area (Å²) < 4.78 is 41.9. The molecule has 228 valence electrons. The molecule has 0 aliphatic carbocycles. The van der Waals surface area contributed by atoms with Gasteiger partial charge in [-0.3, -0.25) is 19.4 Å². The number of pyridine rings is 1. The summed E-state index contributed by atoms with van der Waals surface area (Å²) >= 11 is 0. The van der Waals surface area contributed by atoms with Gasteiger partial charge in [0.05, 0.1) is 6.54 Å². The zero-order chi connectivity index (χ0) is 30.6. The Morgan fingerprint density at radius 2 is 1.72 bits per heavy atom. The van der Waals surface area contributed by atoms with Gasteiger partial charge in [-0.15, -0.1) is 13.2 Å². The number of carbonyl (C=O) groups excluding carboxylic acids is 1. The molecule has 1 amide bonds. The van der Waals surface area contributed by atoms with E-state index in [1.165, 1.54) is 12.1 Å². The first-order chi connectivity index (χ1) is 20.5. The Hall–Kier alpha value is -4.16. The molecule has 2 aliphatic rings. The van der Waals surface area contributed by atoms with Gasteiger partial charge in [0, 0.05) is 61.8 Å². The predicted octanol–water partition coefficient (Wildman–Crippen LogP) is 5.09. The van der Waals surface area contributed by atoms with Crippen molar-refractivity contribution in [2.24, 2.45) is 0 Å². The molecule has 43 heavy (non-hydrogen) atoms. The quantitative estimate of drug-likeness (QED) is 0.352. The van der Waals surface area contributed by atoms with E-state index in [0.717, 1.165) is 36.2 Å². The highest BCUT2D eigenvalue weighted by Crippen LogP contribution is 2.31. The average molecular weight is 598 g/mol. The number of aromatic nitrogens is 1. The smallest absolute Gasteiger partial charge is 0.480 e. The number of piperazine rings is 1. The SMILES string of the molecule is C[C@@H]1CCCN1Cc1cc(NC(=O)c2ccc(N3CCN(CC(=O)O)CC3)cc2)ncc1-c1ccc(OC(F)(F)F)cc1. The Morgan fingerprint density at radius 3 is 2.33 bits per heavy atom. The molecule has 2 fully saturated rings. The Bertz CT molecular complexity index is 1420. The van der Waals surface area contributed by atoms with Crippen molar-refractivity contribution < 1.29 is 32.6 Å². The average Bonchev–Trinajstić information content (AvgIpc) is 3.37. The number of ether oxygens (including phenoxy) is 1. The molecule has 9 nitrogen and oxygen atoms in total. The third kappa shape index (κ3) is 8.02. The molecule has 1 aromatic heterocycles. The molecule has 3 heterocycles. The lowest BCUT2D eigenvalue weighted by Crippen LogP contribution is -2.47. The molecular weight excluding hydrogens is 563 g/mol. The van der Waals surface area contributed by atoms with Crippen molar-refractivity contribution in [3.05, 3.63) is 71.9 Å². The molecule has 12 heteroatoms. The lowest BCUT2D eigenvalue weighted by Gasteiger charge is -2.35. The summed E-state index contributed by atoms with van der Waals surface area (Å²) in [6.45, 7) is 6.45. The summed E-state index contributed by atoms with van der Waals surface area (Å²) in [6, 6.07) is 15.2. The zero-order valence-corrected chi connectivity index (χ0v) is 23.8. The van der Waals surface area contributed by atoms with Crippen LogP contribution in [0.15, 0.2) is 60.8 Å². The van der Waals surface area contributed by atoms with Crippen LogP contribution in [0.5, 0.6) is 5.75 Å². The van der Waals surface area contributed by atoms with Crippen molar-refractivity contribution in [1.82, 2.24) is 14.8 Å². The number of amides is 1. The first kappa shape index (κ1) is 30.3. The van der Waals surface area contributed by atoms with Gasteiger partial charge in [0.1, 0.15) is 11.6 Å². The number of rotatable bonds is 9. The van der Waals surface area contributed by atoms with Crippen LogP contribution in [0.2, 0.25) is 0 Å². The Balaban J connectivity index is 1.29. The Labute approximate surface area is 247 Å². The van der Waals surface area contributed by atoms with Gasteiger partial charge in [-0.05, 0) is 79.9 Å². The van der Waals surface area contributed by atoms with E-state index in [2.05, 4.69) is 31.8 Å². The lowest BCUT2D eigenvalue weighted by atomic mass is 10.0. The highest BCUT2D eigenvalue weighted by atomic mass is 19.4. The summed E-state index contributed by atoms with van der Waals surface area (Å²) in [5.74, 6) is -1.06. The molecule has 0 unspecified atom stereocenters. The first-order valence-corrected chi connectivity index (χ1v) is 14.2. The summed E-state index contributed by atoms with van der Waals surface area (Å²) in [5.41, 5.74) is 3.79. The molecule has 1 atom stereocenters. The molecule has 5 rings (SSSR count). The van der Waals surface area contributed by atoms with E-state index in [-0.39, 0.29) is 18.2 Å². The molecule has 2 saturated heterocycles. The first-order valence-electron chi connectivity index (χ1n) is 14.2. The fourth-order valence-corrected chi connectivity index (χ4v) is 5.61. The minimum Gasteiger partial charge on any atom is -0.480 e. The highest BCUT2D eigenvalue weighted by molar-refractivity contribution is 6.04. The fourth-order valence-electron chi connectivity index (χ4n) is 5.61. The van der Waals surface area contributed by atoms with E-state index in [1.807, 2.05) is 23.1 Å². The van der Waals surface area contributed by atoms with Crippen molar-refractivity contribution in [3.8, 4) is 16.9 Å². The van der Waals surface area contributed by atoms with E-state index in [4.69, 9.17) is 5.11 Å². The maximum absolute atomic E-state index is 13.1. The number of carbonyl (C=O) groups is 2. The van der Waals surface area contributed by atoms with Crippen LogP contribution in [0.1, 0.15) is 35.7 Å². The zero-order valence-electron chi connectivity index (χ0n) is 23.8. The number of likely N-dealkylation sites (tertiary alicyclic amines) is 1. The lowest BCUT2D eigenvalue weighted by molar-refractivity contribution is -0.274. The minimum absolute atomic E-state index is 0.0317. The van der Waals surface area contributed by atoms with Gasteiger partial charge >= 0.3 is 12.3 Å². The molecule has 2 aromatic carbocycles. The van der Waals surface area contributed by atoms with Crippen LogP contribution in [0.25, 0.3) is 11.1 Å². The molecular formula is C31H34F3N5O4. The normalized spacial score (nSPS) is 18.0. The van der Waals surface area contributed by atoms with Gasteiger partial charge in [0.2, 0.25) is 0 Å². The van der Waals surface area contributed by atoms with Gasteiger partial charge in [-0.25, -0.2) is 4.98 Å². The van der Waals surface area contributed by atoms with Crippen LogP contribution in [0.4, 0.5) is 24.7 Å². The number of carboxylic acid groups (broad SMARTS) is 1. The van der Waals surface area contributed by atoms with E-state index < -0.39 is 12.3 Å². The molecule has 2 aliphatic heterocycles. The number of hydrogen-bond acceptors (Lipinski definition) is 7. The summed E-state index contributed by atoms with van der Waals surface area (Å²) in [6.07, 6.45) is -0.957. The van der Waals surface area contributed by atoms with Crippen molar-refractivity contribution in [1.29, 1.82) is 0 Å². The maximum atomic E-state index is 13.1. The second-order valence-corrected chi connectivity index (χ2v) is 10.9. The second-order valence-electron chi connectivity index (χ2n) is 10.9. The molecule has 0 saturated carbocycles. The number of hydrogen-bond donors (Lipinski definition) is 2. The third-order valence-electron chi connectivity index (χ3n) is 7.92. The Kier molecular flexibility index (Phi) is 9.16. The largest absolute Gasteiger partial charge is 0.573 e. The fraction of sp³-hybridized carbons (Fsp3) is 0.387. The van der Waals surface area contributed by atoms with E-state index in [0.29, 0.717) is 55.7 Å². The number of aliphatic carboxylic acids is 1. The van der Waals surface area contributed by atoms with Crippen molar-refractivity contribution in [3.63, 3.8) is 0 Å². The molecule has 0 radical (unpaired) electrons. The van der Waals surface area contributed by atoms with Crippen LogP contribution in [-0.2, 0) is 11.3 Å². The second kappa shape index (κ2) is 13.0. The standard InChI is InChI=1S/C31H34F3N5O4/c1-21-3-2-12-39(21)19-24-17-28(35-18-27(24)22-6-10-26(11-7-22)43-31(32,33)34)36-30(42)23-4-8-25(9-5-23)38-15-13-37(14-16-38)20-29(40)41/h4-11,17-18,21H,2-3,12-16,19-20H2,1H3,(H,40,41)(H,35,36,42)/t21-/m1/s1. The van der Waals surface area contributed by atoms with Crippen molar-refractivity contribution >= 4 is 23.4 Å². The minimum atomic E-state index is -4.76. The number of nitrogens with zero attached hydrogens (tertiary/aromatic N) is 4. The number of halogens is 3. The monoisotopic (exact) mass is 597 g/mol. The molecule has 0 bridgehead atoms. The number of anilines is 2. The van der Waals surface area contributed by atoms with Gasteiger partial charge in [0.15, 0.2) is 0 Å². The number of nitrogens with one attached hydrogen (secondary N) is 1. The highest BCUT2D eigenvalue weighted by Gasteiger charge is 2.31. The van der Waals surface area contributed by atoms with Crippen LogP contribution in [0, 0.1) is 0 Å². The van der Waals surface area contributed by atoms with E-state index >= 15 is 0 Å². The van der Waals surface area contributed by atoms with Gasteiger partial charge in [-0.2, -0.15) is 0 Å². The topological polar surface area (TPSA) is 98.2 Å².